The number of nitrogens with zero attached hydrogens (tertiary/aromatic N) is 3. The van der Waals surface area contributed by atoms with E-state index in [1.165, 1.54) is 12.3 Å². The van der Waals surface area contributed by atoms with E-state index in [1.54, 1.807) is 12.1 Å². The fraction of sp³-hybridized carbons (Fsp3) is 0.217. The van der Waals surface area contributed by atoms with Gasteiger partial charge in [0.15, 0.2) is 5.76 Å². The third kappa shape index (κ3) is 4.73. The lowest BCUT2D eigenvalue weighted by atomic mass is 10.0. The second-order valence-corrected chi connectivity index (χ2v) is 8.22. The van der Waals surface area contributed by atoms with Crippen LogP contribution in [0.1, 0.15) is 39.2 Å². The Bertz CT molecular complexity index is 1520. The summed E-state index contributed by atoms with van der Waals surface area (Å²) >= 11 is 0. The zero-order chi connectivity index (χ0) is 26.5. The number of hydrogen-bond acceptors (Lipinski definition) is 5. The van der Waals surface area contributed by atoms with Crippen LogP contribution in [-0.4, -0.2) is 25.7 Å². The summed E-state index contributed by atoms with van der Waals surface area (Å²) in [6, 6.07) is 4.93. The van der Waals surface area contributed by atoms with Gasteiger partial charge in [0.25, 0.3) is 11.5 Å². The van der Waals surface area contributed by atoms with Crippen LogP contribution in [0.25, 0.3) is 17.4 Å². The number of hydrogen-bond donors (Lipinski definition) is 2. The van der Waals surface area contributed by atoms with Crippen LogP contribution >= 0.6 is 0 Å². The number of carbonyl (C=O) groups is 1. The summed E-state index contributed by atoms with van der Waals surface area (Å²) in [5.74, 6) is -1.30. The van der Waals surface area contributed by atoms with Crippen LogP contribution < -0.4 is 10.9 Å². The molecule has 0 fully saturated rings. The molecule has 5 rings (SSSR count). The summed E-state index contributed by atoms with van der Waals surface area (Å²) in [5.41, 5.74) is -3.38. The SMILES string of the molecule is O=C(Nc1cc(-c2ccco2)nn1-c1nc2c(c(=O)[nH]1)CCC2)c1cc(C(F)(F)F)cc(C(F)(F)F)c1. The van der Waals surface area contributed by atoms with Crippen LogP contribution in [0.15, 0.2) is 51.9 Å². The number of aromatic nitrogens is 4. The van der Waals surface area contributed by atoms with Crippen molar-refractivity contribution in [3.05, 3.63) is 81.0 Å². The number of furan rings is 1. The summed E-state index contributed by atoms with van der Waals surface area (Å²) in [6.45, 7) is 0. The number of fused-ring (bicyclic) bond motifs is 1. The van der Waals surface area contributed by atoms with Crippen LogP contribution in [0.5, 0.6) is 0 Å². The maximum Gasteiger partial charge on any atom is 0.416 e. The minimum atomic E-state index is -5.13. The highest BCUT2D eigenvalue weighted by atomic mass is 19.4. The van der Waals surface area contributed by atoms with Crippen LogP contribution in [-0.2, 0) is 25.2 Å². The van der Waals surface area contributed by atoms with E-state index in [-0.39, 0.29) is 29.3 Å². The normalized spacial score (nSPS) is 13.6. The van der Waals surface area contributed by atoms with Crippen LogP contribution in [0.3, 0.4) is 0 Å². The second-order valence-electron chi connectivity index (χ2n) is 8.22. The molecule has 3 heterocycles. The molecule has 14 heteroatoms. The number of nitrogens with one attached hydrogen (secondary N) is 2. The van der Waals surface area contributed by atoms with Gasteiger partial charge in [-0.15, -0.1) is 0 Å². The number of halogens is 6. The minimum absolute atomic E-state index is 0.0742. The van der Waals surface area contributed by atoms with Gasteiger partial charge in [-0.05, 0) is 49.6 Å². The Hall–Kier alpha value is -4.36. The Kier molecular flexibility index (Phi) is 5.68. The summed E-state index contributed by atoms with van der Waals surface area (Å²) in [5, 5.41) is 6.54. The molecule has 1 aromatic carbocycles. The molecule has 0 saturated heterocycles. The topological polar surface area (TPSA) is 106 Å². The van der Waals surface area contributed by atoms with Crippen molar-refractivity contribution in [3.8, 4) is 17.4 Å². The number of aryl methyl sites for hydroxylation is 1. The van der Waals surface area contributed by atoms with Crippen molar-refractivity contribution in [2.24, 2.45) is 0 Å². The number of aromatic amines is 1. The molecule has 0 atom stereocenters. The molecule has 0 aliphatic heterocycles. The highest BCUT2D eigenvalue weighted by Gasteiger charge is 2.37. The van der Waals surface area contributed by atoms with Gasteiger partial charge >= 0.3 is 12.4 Å². The fourth-order valence-corrected chi connectivity index (χ4v) is 3.98. The summed E-state index contributed by atoms with van der Waals surface area (Å²) in [7, 11) is 0. The average Bonchev–Trinajstić information content (AvgIpc) is 3.58. The number of H-pyrrole nitrogens is 1. The van der Waals surface area contributed by atoms with Gasteiger partial charge in [0.2, 0.25) is 5.95 Å². The monoisotopic (exact) mass is 523 g/mol. The van der Waals surface area contributed by atoms with Crippen LogP contribution in [0, 0.1) is 0 Å². The first-order valence-electron chi connectivity index (χ1n) is 10.8. The molecule has 3 aromatic heterocycles. The van der Waals surface area contributed by atoms with Crippen molar-refractivity contribution in [3.63, 3.8) is 0 Å². The van der Waals surface area contributed by atoms with Crippen molar-refractivity contribution in [2.45, 2.75) is 31.6 Å². The lowest BCUT2D eigenvalue weighted by Crippen LogP contribution is -2.22. The Labute approximate surface area is 202 Å². The van der Waals surface area contributed by atoms with Crippen molar-refractivity contribution < 1.29 is 35.6 Å². The molecule has 1 aliphatic rings. The Morgan fingerprint density at radius 3 is 2.35 bits per heavy atom. The van der Waals surface area contributed by atoms with E-state index in [1.807, 2.05) is 0 Å². The number of carbonyl (C=O) groups excluding carboxylic acids is 1. The molecule has 0 unspecified atom stereocenters. The molecule has 37 heavy (non-hydrogen) atoms. The molecule has 4 aromatic rings. The van der Waals surface area contributed by atoms with Gasteiger partial charge in [0.05, 0.1) is 23.1 Å². The predicted molar refractivity (Wildman–Crippen MR) is 116 cm³/mol. The molecule has 1 aliphatic carbocycles. The van der Waals surface area contributed by atoms with Crippen molar-refractivity contribution in [2.75, 3.05) is 5.32 Å². The highest BCUT2D eigenvalue weighted by molar-refractivity contribution is 6.04. The number of rotatable bonds is 4. The van der Waals surface area contributed by atoms with Gasteiger partial charge < -0.3 is 9.73 Å². The molecule has 2 N–H and O–H groups in total. The Morgan fingerprint density at radius 2 is 1.73 bits per heavy atom. The van der Waals surface area contributed by atoms with E-state index in [2.05, 4.69) is 20.4 Å². The van der Waals surface area contributed by atoms with E-state index in [4.69, 9.17) is 4.42 Å². The maximum absolute atomic E-state index is 13.3. The van der Waals surface area contributed by atoms with E-state index in [9.17, 15) is 35.9 Å². The lowest BCUT2D eigenvalue weighted by Gasteiger charge is -2.14. The molecule has 1 amide bonds. The van der Waals surface area contributed by atoms with Crippen molar-refractivity contribution >= 4 is 11.7 Å². The standard InChI is InChI=1S/C23H15F6N5O3/c24-22(25,26)12-7-11(8-13(9-12)23(27,28)29)19(35)31-18-10-16(17-5-2-6-37-17)33-34(18)21-30-15-4-1-3-14(15)20(36)32-21/h2,5-10H,1,3-4H2,(H,31,35)(H,30,32,36). The van der Waals surface area contributed by atoms with Gasteiger partial charge in [0.1, 0.15) is 11.5 Å². The van der Waals surface area contributed by atoms with Gasteiger partial charge in [-0.3, -0.25) is 14.6 Å². The first kappa shape index (κ1) is 24.3. The third-order valence-corrected chi connectivity index (χ3v) is 5.70. The van der Waals surface area contributed by atoms with Crippen LogP contribution in [0.4, 0.5) is 32.2 Å². The maximum atomic E-state index is 13.3. The summed E-state index contributed by atoms with van der Waals surface area (Å²) in [4.78, 5) is 32.3. The third-order valence-electron chi connectivity index (χ3n) is 5.70. The minimum Gasteiger partial charge on any atom is -0.463 e. The molecule has 0 spiro atoms. The average molecular weight is 523 g/mol. The first-order valence-corrected chi connectivity index (χ1v) is 10.8. The number of alkyl halides is 6. The molecular formula is C23H15F6N5O3. The zero-order valence-corrected chi connectivity index (χ0v) is 18.5. The van der Waals surface area contributed by atoms with Crippen LogP contribution in [0.2, 0.25) is 0 Å². The number of amides is 1. The van der Waals surface area contributed by atoms with Gasteiger partial charge in [-0.25, -0.2) is 4.98 Å². The predicted octanol–water partition coefficient (Wildman–Crippen LogP) is 4.99. The highest BCUT2D eigenvalue weighted by Crippen LogP contribution is 2.36. The number of benzene rings is 1. The summed E-state index contributed by atoms with van der Waals surface area (Å²) in [6.07, 6.45) is -7.12. The van der Waals surface area contributed by atoms with Crippen molar-refractivity contribution in [1.29, 1.82) is 0 Å². The second kappa shape index (κ2) is 8.64. The quantitative estimate of drug-likeness (QED) is 0.367. The first-order chi connectivity index (χ1) is 17.4. The number of anilines is 1. The Balaban J connectivity index is 1.59. The van der Waals surface area contributed by atoms with E-state index in [0.717, 1.165) is 4.68 Å². The van der Waals surface area contributed by atoms with E-state index in [0.29, 0.717) is 42.7 Å². The molecule has 0 bridgehead atoms. The smallest absolute Gasteiger partial charge is 0.416 e. The molecule has 192 valence electrons. The fourth-order valence-electron chi connectivity index (χ4n) is 3.98. The zero-order valence-electron chi connectivity index (χ0n) is 18.5. The van der Waals surface area contributed by atoms with E-state index < -0.39 is 40.5 Å². The molecular weight excluding hydrogens is 508 g/mol. The molecule has 0 saturated carbocycles. The molecule has 0 radical (unpaired) electrons. The largest absolute Gasteiger partial charge is 0.463 e. The van der Waals surface area contributed by atoms with Gasteiger partial charge in [-0.2, -0.15) is 36.1 Å². The van der Waals surface area contributed by atoms with E-state index >= 15 is 0 Å². The van der Waals surface area contributed by atoms with Crippen molar-refractivity contribution in [1.82, 2.24) is 19.7 Å². The van der Waals surface area contributed by atoms with Gasteiger partial charge in [0, 0.05) is 17.2 Å². The summed E-state index contributed by atoms with van der Waals surface area (Å²) < 4.78 is 85.8. The molecule has 8 nitrogen and oxygen atoms in total. The van der Waals surface area contributed by atoms with Gasteiger partial charge in [-0.1, -0.05) is 0 Å². The Morgan fingerprint density at radius 1 is 1.03 bits per heavy atom. The lowest BCUT2D eigenvalue weighted by molar-refractivity contribution is -0.143.